The van der Waals surface area contributed by atoms with Gasteiger partial charge in [-0.05, 0) is 37.3 Å². The average Bonchev–Trinajstić information content (AvgIpc) is 2.98. The summed E-state index contributed by atoms with van der Waals surface area (Å²) < 4.78 is 0. The third-order valence-corrected chi connectivity index (χ3v) is 4.53. The molecule has 0 spiro atoms. The van der Waals surface area contributed by atoms with Crippen LogP contribution in [0.3, 0.4) is 0 Å². The Hall–Kier alpha value is -0.910. The molecule has 0 saturated carbocycles. The molecular weight excluding hydrogens is 270 g/mol. The van der Waals surface area contributed by atoms with Gasteiger partial charge in [-0.15, -0.1) is 11.3 Å². The van der Waals surface area contributed by atoms with Crippen LogP contribution < -0.4 is 10.6 Å². The number of nitrogens with zero attached hydrogens (tertiary/aromatic N) is 1. The topological polar surface area (TPSA) is 44.4 Å². The van der Waals surface area contributed by atoms with Crippen LogP contribution in [0, 0.1) is 0 Å². The Morgan fingerprint density at radius 2 is 2.20 bits per heavy atom. The molecule has 112 valence electrons. The molecule has 0 radical (unpaired) electrons. The lowest BCUT2D eigenvalue weighted by Crippen LogP contribution is -2.44. The highest BCUT2D eigenvalue weighted by Crippen LogP contribution is 2.11. The number of carbonyl (C=O) groups is 1. The van der Waals surface area contributed by atoms with E-state index in [1.165, 1.54) is 4.88 Å². The van der Waals surface area contributed by atoms with Crippen LogP contribution in [0.2, 0.25) is 0 Å². The number of nitrogens with one attached hydrogen (secondary N) is 2. The van der Waals surface area contributed by atoms with Crippen LogP contribution >= 0.6 is 11.3 Å². The molecule has 4 nitrogen and oxygen atoms in total. The standard InChI is InChI=1S/C15H25N3OS/c19-15(6-1-4-14-5-2-13-20-14)17-7-3-10-18-11-8-16-9-12-18/h2,5,13,16H,1,3-4,6-12H2,(H,17,19). The Balaban J connectivity index is 1.45. The third-order valence-electron chi connectivity index (χ3n) is 3.59. The second kappa shape index (κ2) is 9.10. The summed E-state index contributed by atoms with van der Waals surface area (Å²) in [5.74, 6) is 0.196. The average molecular weight is 295 g/mol. The van der Waals surface area contributed by atoms with E-state index in [-0.39, 0.29) is 5.91 Å². The predicted molar refractivity (Wildman–Crippen MR) is 84.2 cm³/mol. The summed E-state index contributed by atoms with van der Waals surface area (Å²) >= 11 is 1.77. The van der Waals surface area contributed by atoms with Crippen LogP contribution in [0.5, 0.6) is 0 Å². The molecule has 20 heavy (non-hydrogen) atoms. The lowest BCUT2D eigenvalue weighted by Gasteiger charge is -2.27. The summed E-state index contributed by atoms with van der Waals surface area (Å²) in [5.41, 5.74) is 0. The van der Waals surface area contributed by atoms with Crippen LogP contribution in [0.25, 0.3) is 0 Å². The summed E-state index contributed by atoms with van der Waals surface area (Å²) in [5, 5.41) is 8.46. The SMILES string of the molecule is O=C(CCCc1cccs1)NCCCN1CCNCC1. The van der Waals surface area contributed by atoms with Crippen LogP contribution in [-0.4, -0.2) is 50.1 Å². The van der Waals surface area contributed by atoms with Gasteiger partial charge in [-0.1, -0.05) is 6.07 Å². The van der Waals surface area contributed by atoms with E-state index in [9.17, 15) is 4.79 Å². The van der Waals surface area contributed by atoms with E-state index in [0.29, 0.717) is 6.42 Å². The summed E-state index contributed by atoms with van der Waals surface area (Å²) in [6.45, 7) is 6.35. The molecule has 0 aromatic carbocycles. The molecule has 0 unspecified atom stereocenters. The summed E-state index contributed by atoms with van der Waals surface area (Å²) in [4.78, 5) is 15.5. The predicted octanol–water partition coefficient (Wildman–Crippen LogP) is 1.48. The first-order valence-electron chi connectivity index (χ1n) is 7.57. The molecule has 2 N–H and O–H groups in total. The number of carbonyl (C=O) groups excluding carboxylic acids is 1. The van der Waals surface area contributed by atoms with Gasteiger partial charge in [0, 0.05) is 44.0 Å². The van der Waals surface area contributed by atoms with Crippen molar-refractivity contribution in [1.82, 2.24) is 15.5 Å². The zero-order chi connectivity index (χ0) is 14.0. The molecule has 5 heteroatoms. The van der Waals surface area contributed by atoms with Crippen molar-refractivity contribution in [3.63, 3.8) is 0 Å². The van der Waals surface area contributed by atoms with Gasteiger partial charge >= 0.3 is 0 Å². The fourth-order valence-corrected chi connectivity index (χ4v) is 3.18. The van der Waals surface area contributed by atoms with Gasteiger partial charge in [0.15, 0.2) is 0 Å². The van der Waals surface area contributed by atoms with Crippen molar-refractivity contribution in [2.24, 2.45) is 0 Å². The molecule has 1 saturated heterocycles. The van der Waals surface area contributed by atoms with Gasteiger partial charge in [-0.3, -0.25) is 4.79 Å². The molecule has 2 rings (SSSR count). The van der Waals surface area contributed by atoms with Crippen molar-refractivity contribution in [1.29, 1.82) is 0 Å². The van der Waals surface area contributed by atoms with Crippen molar-refractivity contribution in [2.45, 2.75) is 25.7 Å². The van der Waals surface area contributed by atoms with Crippen LogP contribution in [-0.2, 0) is 11.2 Å². The van der Waals surface area contributed by atoms with Gasteiger partial charge in [0.25, 0.3) is 0 Å². The highest BCUT2D eigenvalue weighted by molar-refractivity contribution is 7.09. The fraction of sp³-hybridized carbons (Fsp3) is 0.667. The van der Waals surface area contributed by atoms with Crippen molar-refractivity contribution in [3.05, 3.63) is 22.4 Å². The highest BCUT2D eigenvalue weighted by Gasteiger charge is 2.08. The molecule has 0 atom stereocenters. The van der Waals surface area contributed by atoms with Gasteiger partial charge in [-0.2, -0.15) is 0 Å². The molecular formula is C15H25N3OS. The number of amides is 1. The van der Waals surface area contributed by atoms with E-state index in [1.54, 1.807) is 11.3 Å². The largest absolute Gasteiger partial charge is 0.356 e. The number of thiophene rings is 1. The number of piperazine rings is 1. The van der Waals surface area contributed by atoms with E-state index in [0.717, 1.165) is 58.5 Å². The summed E-state index contributed by atoms with van der Waals surface area (Å²) in [6, 6.07) is 4.20. The maximum atomic E-state index is 11.7. The van der Waals surface area contributed by atoms with Gasteiger partial charge in [0.2, 0.25) is 5.91 Å². The number of aryl methyl sites for hydroxylation is 1. The van der Waals surface area contributed by atoms with Crippen molar-refractivity contribution in [3.8, 4) is 0 Å². The van der Waals surface area contributed by atoms with Gasteiger partial charge in [0.1, 0.15) is 0 Å². The number of hydrogen-bond acceptors (Lipinski definition) is 4. The van der Waals surface area contributed by atoms with E-state index >= 15 is 0 Å². The van der Waals surface area contributed by atoms with Gasteiger partial charge < -0.3 is 15.5 Å². The third kappa shape index (κ3) is 6.03. The molecule has 1 fully saturated rings. The minimum Gasteiger partial charge on any atom is -0.356 e. The summed E-state index contributed by atoms with van der Waals surface area (Å²) in [6.07, 6.45) is 3.66. The smallest absolute Gasteiger partial charge is 0.220 e. The second-order valence-corrected chi connectivity index (χ2v) is 6.26. The fourth-order valence-electron chi connectivity index (χ4n) is 2.43. The number of hydrogen-bond donors (Lipinski definition) is 2. The Labute approximate surface area is 125 Å². The molecule has 1 aliphatic heterocycles. The molecule has 1 amide bonds. The zero-order valence-corrected chi connectivity index (χ0v) is 12.9. The minimum atomic E-state index is 0.196. The normalized spacial score (nSPS) is 16.2. The van der Waals surface area contributed by atoms with Crippen LogP contribution in [0.15, 0.2) is 17.5 Å². The number of rotatable bonds is 8. The minimum absolute atomic E-state index is 0.196. The molecule has 0 bridgehead atoms. The van der Waals surface area contributed by atoms with E-state index in [4.69, 9.17) is 0 Å². The first-order chi connectivity index (χ1) is 9.84. The highest BCUT2D eigenvalue weighted by atomic mass is 32.1. The van der Waals surface area contributed by atoms with E-state index in [2.05, 4.69) is 33.0 Å². The quantitative estimate of drug-likeness (QED) is 0.714. The first kappa shape index (κ1) is 15.5. The molecule has 1 aromatic heterocycles. The maximum absolute atomic E-state index is 11.7. The van der Waals surface area contributed by atoms with Crippen molar-refractivity contribution in [2.75, 3.05) is 39.3 Å². The zero-order valence-electron chi connectivity index (χ0n) is 12.1. The Morgan fingerprint density at radius 1 is 1.35 bits per heavy atom. The monoisotopic (exact) mass is 295 g/mol. The van der Waals surface area contributed by atoms with Crippen molar-refractivity contribution >= 4 is 17.2 Å². The second-order valence-electron chi connectivity index (χ2n) is 5.23. The molecule has 0 aliphatic carbocycles. The van der Waals surface area contributed by atoms with E-state index in [1.807, 2.05) is 0 Å². The Bertz CT molecular complexity index is 374. The lowest BCUT2D eigenvalue weighted by atomic mass is 10.2. The lowest BCUT2D eigenvalue weighted by molar-refractivity contribution is -0.121. The van der Waals surface area contributed by atoms with E-state index < -0.39 is 0 Å². The molecule has 2 heterocycles. The maximum Gasteiger partial charge on any atom is 0.220 e. The Morgan fingerprint density at radius 3 is 2.95 bits per heavy atom. The first-order valence-corrected chi connectivity index (χ1v) is 8.45. The van der Waals surface area contributed by atoms with Gasteiger partial charge in [0.05, 0.1) is 0 Å². The molecule has 1 aromatic rings. The summed E-state index contributed by atoms with van der Waals surface area (Å²) in [7, 11) is 0. The Kier molecular flexibility index (Phi) is 7.05. The van der Waals surface area contributed by atoms with Crippen LogP contribution in [0.1, 0.15) is 24.1 Å². The van der Waals surface area contributed by atoms with Crippen LogP contribution in [0.4, 0.5) is 0 Å². The van der Waals surface area contributed by atoms with Crippen molar-refractivity contribution < 1.29 is 4.79 Å². The molecule has 1 aliphatic rings. The van der Waals surface area contributed by atoms with Gasteiger partial charge in [-0.25, -0.2) is 0 Å².